The SMILES string of the molecule is CCN(Cc1ccoc1)c1ccc2nnnn2n1. The van der Waals surface area contributed by atoms with Gasteiger partial charge in [0.1, 0.15) is 0 Å². The minimum absolute atomic E-state index is 0.637. The van der Waals surface area contributed by atoms with E-state index in [2.05, 4.69) is 32.4 Å². The molecule has 0 aliphatic heterocycles. The molecule has 7 heteroatoms. The second-order valence-electron chi connectivity index (χ2n) is 3.86. The van der Waals surface area contributed by atoms with Crippen molar-refractivity contribution in [2.75, 3.05) is 11.4 Å². The van der Waals surface area contributed by atoms with Crippen molar-refractivity contribution in [3.63, 3.8) is 0 Å². The maximum absolute atomic E-state index is 5.07. The number of anilines is 1. The Morgan fingerprint density at radius 1 is 1.33 bits per heavy atom. The molecule has 0 aliphatic carbocycles. The molecule has 0 radical (unpaired) electrons. The number of hydrogen-bond donors (Lipinski definition) is 0. The fraction of sp³-hybridized carbons (Fsp3) is 0.273. The lowest BCUT2D eigenvalue weighted by Gasteiger charge is -2.20. The Labute approximate surface area is 103 Å². The van der Waals surface area contributed by atoms with Crippen LogP contribution in [0.3, 0.4) is 0 Å². The zero-order chi connectivity index (χ0) is 12.4. The van der Waals surface area contributed by atoms with Crippen molar-refractivity contribution < 1.29 is 4.42 Å². The Balaban J connectivity index is 1.90. The highest BCUT2D eigenvalue weighted by molar-refractivity contribution is 5.44. The van der Waals surface area contributed by atoms with E-state index in [-0.39, 0.29) is 0 Å². The highest BCUT2D eigenvalue weighted by atomic mass is 16.3. The molecule has 3 rings (SSSR count). The fourth-order valence-electron chi connectivity index (χ4n) is 1.77. The molecule has 3 heterocycles. The lowest BCUT2D eigenvalue weighted by Crippen LogP contribution is -2.23. The first-order valence-electron chi connectivity index (χ1n) is 5.68. The highest BCUT2D eigenvalue weighted by Crippen LogP contribution is 2.14. The third-order valence-corrected chi connectivity index (χ3v) is 2.71. The van der Waals surface area contributed by atoms with Gasteiger partial charge in [-0.25, -0.2) is 0 Å². The maximum atomic E-state index is 5.07. The summed E-state index contributed by atoms with van der Waals surface area (Å²) in [6, 6.07) is 5.70. The summed E-state index contributed by atoms with van der Waals surface area (Å²) in [6.07, 6.45) is 3.40. The number of furan rings is 1. The Bertz CT molecular complexity index is 632. The van der Waals surface area contributed by atoms with Crippen molar-refractivity contribution in [1.82, 2.24) is 25.3 Å². The predicted molar refractivity (Wildman–Crippen MR) is 64.0 cm³/mol. The van der Waals surface area contributed by atoms with Gasteiger partial charge in [0, 0.05) is 18.7 Å². The quantitative estimate of drug-likeness (QED) is 0.685. The molecule has 0 aliphatic rings. The normalized spacial score (nSPS) is 10.9. The standard InChI is InChI=1S/C11H12N6O/c1-2-16(7-9-5-6-18-8-9)11-4-3-10-12-14-15-17(10)13-11/h3-6,8H,2,7H2,1H3. The molecule has 0 saturated carbocycles. The largest absolute Gasteiger partial charge is 0.472 e. The van der Waals surface area contributed by atoms with Crippen LogP contribution in [0.5, 0.6) is 0 Å². The van der Waals surface area contributed by atoms with Crippen molar-refractivity contribution in [2.24, 2.45) is 0 Å². The van der Waals surface area contributed by atoms with Crippen LogP contribution in [0, 0.1) is 0 Å². The molecule has 0 fully saturated rings. The molecule has 0 atom stereocenters. The summed E-state index contributed by atoms with van der Waals surface area (Å²) in [4.78, 5) is 2.12. The van der Waals surface area contributed by atoms with Crippen molar-refractivity contribution in [3.05, 3.63) is 36.3 Å². The molecular weight excluding hydrogens is 232 g/mol. The number of nitrogens with zero attached hydrogens (tertiary/aromatic N) is 6. The van der Waals surface area contributed by atoms with E-state index in [4.69, 9.17) is 4.42 Å². The Morgan fingerprint density at radius 2 is 2.28 bits per heavy atom. The molecule has 0 aromatic carbocycles. The molecule has 0 spiro atoms. The molecule has 0 N–H and O–H groups in total. The van der Waals surface area contributed by atoms with Gasteiger partial charge in [0.15, 0.2) is 11.5 Å². The topological polar surface area (TPSA) is 72.4 Å². The molecule has 0 unspecified atom stereocenters. The zero-order valence-electron chi connectivity index (χ0n) is 9.89. The average molecular weight is 244 g/mol. The molecule has 7 nitrogen and oxygen atoms in total. The van der Waals surface area contributed by atoms with Gasteiger partial charge in [-0.2, -0.15) is 0 Å². The third-order valence-electron chi connectivity index (χ3n) is 2.71. The number of tetrazole rings is 1. The molecule has 0 saturated heterocycles. The first kappa shape index (κ1) is 10.7. The molecule has 3 aromatic rings. The summed E-state index contributed by atoms with van der Waals surface area (Å²) in [6.45, 7) is 3.66. The lowest BCUT2D eigenvalue weighted by molar-refractivity contribution is 0.563. The van der Waals surface area contributed by atoms with E-state index in [0.29, 0.717) is 5.65 Å². The lowest BCUT2D eigenvalue weighted by atomic mass is 10.3. The van der Waals surface area contributed by atoms with Crippen LogP contribution in [0.2, 0.25) is 0 Å². The van der Waals surface area contributed by atoms with E-state index in [1.807, 2.05) is 18.2 Å². The van der Waals surface area contributed by atoms with Crippen molar-refractivity contribution in [1.29, 1.82) is 0 Å². The Morgan fingerprint density at radius 3 is 3.06 bits per heavy atom. The number of aromatic nitrogens is 5. The van der Waals surface area contributed by atoms with Crippen LogP contribution >= 0.6 is 0 Å². The second-order valence-corrected chi connectivity index (χ2v) is 3.86. The van der Waals surface area contributed by atoms with Gasteiger partial charge in [0.05, 0.1) is 12.5 Å². The van der Waals surface area contributed by atoms with Crippen LogP contribution in [-0.2, 0) is 6.54 Å². The minimum Gasteiger partial charge on any atom is -0.472 e. The van der Waals surface area contributed by atoms with Gasteiger partial charge in [-0.1, -0.05) is 0 Å². The molecule has 92 valence electrons. The first-order chi connectivity index (χ1) is 8.86. The first-order valence-corrected chi connectivity index (χ1v) is 5.68. The monoisotopic (exact) mass is 244 g/mol. The Kier molecular flexibility index (Phi) is 2.64. The molecule has 0 bridgehead atoms. The van der Waals surface area contributed by atoms with Crippen molar-refractivity contribution in [3.8, 4) is 0 Å². The van der Waals surface area contributed by atoms with Gasteiger partial charge in [0.25, 0.3) is 0 Å². The van der Waals surface area contributed by atoms with E-state index in [9.17, 15) is 0 Å². The zero-order valence-corrected chi connectivity index (χ0v) is 9.89. The van der Waals surface area contributed by atoms with E-state index in [0.717, 1.165) is 24.5 Å². The Hall–Kier alpha value is -2.44. The summed E-state index contributed by atoms with van der Waals surface area (Å²) < 4.78 is 6.49. The second kappa shape index (κ2) is 4.44. The van der Waals surface area contributed by atoms with E-state index in [1.54, 1.807) is 12.5 Å². The number of hydrogen-bond acceptors (Lipinski definition) is 6. The highest BCUT2D eigenvalue weighted by Gasteiger charge is 2.09. The molecule has 18 heavy (non-hydrogen) atoms. The summed E-state index contributed by atoms with van der Waals surface area (Å²) in [5.74, 6) is 0.832. The van der Waals surface area contributed by atoms with Crippen LogP contribution in [0.1, 0.15) is 12.5 Å². The van der Waals surface area contributed by atoms with Gasteiger partial charge in [-0.05, 0) is 35.5 Å². The van der Waals surface area contributed by atoms with Crippen LogP contribution in [0.4, 0.5) is 5.82 Å². The summed E-state index contributed by atoms with van der Waals surface area (Å²) in [5.41, 5.74) is 1.74. The van der Waals surface area contributed by atoms with Crippen LogP contribution < -0.4 is 4.90 Å². The van der Waals surface area contributed by atoms with Crippen LogP contribution in [-0.4, -0.2) is 31.8 Å². The smallest absolute Gasteiger partial charge is 0.200 e. The summed E-state index contributed by atoms with van der Waals surface area (Å²) in [7, 11) is 0. The maximum Gasteiger partial charge on any atom is 0.200 e. The molecular formula is C11H12N6O. The minimum atomic E-state index is 0.637. The van der Waals surface area contributed by atoms with Gasteiger partial charge in [0.2, 0.25) is 0 Å². The van der Waals surface area contributed by atoms with E-state index >= 15 is 0 Å². The van der Waals surface area contributed by atoms with E-state index in [1.165, 1.54) is 4.63 Å². The number of fused-ring (bicyclic) bond motifs is 1. The van der Waals surface area contributed by atoms with Crippen molar-refractivity contribution >= 4 is 11.5 Å². The average Bonchev–Trinajstić information content (AvgIpc) is 3.06. The van der Waals surface area contributed by atoms with E-state index < -0.39 is 0 Å². The fourth-order valence-corrected chi connectivity index (χ4v) is 1.77. The summed E-state index contributed by atoms with van der Waals surface area (Å²) >= 11 is 0. The molecule has 0 amide bonds. The van der Waals surface area contributed by atoms with Gasteiger partial charge in [-0.15, -0.1) is 14.8 Å². The third kappa shape index (κ3) is 1.90. The predicted octanol–water partition coefficient (Wildman–Crippen LogP) is 1.14. The van der Waals surface area contributed by atoms with Crippen LogP contribution in [0.15, 0.2) is 35.1 Å². The molecule has 3 aromatic heterocycles. The van der Waals surface area contributed by atoms with Gasteiger partial charge < -0.3 is 9.32 Å². The number of rotatable bonds is 4. The van der Waals surface area contributed by atoms with Crippen LogP contribution in [0.25, 0.3) is 5.65 Å². The van der Waals surface area contributed by atoms with Gasteiger partial charge >= 0.3 is 0 Å². The summed E-state index contributed by atoms with van der Waals surface area (Å²) in [5, 5.41) is 15.6. The van der Waals surface area contributed by atoms with Crippen molar-refractivity contribution in [2.45, 2.75) is 13.5 Å². The van der Waals surface area contributed by atoms with Gasteiger partial charge in [-0.3, -0.25) is 0 Å².